The van der Waals surface area contributed by atoms with Crippen LogP contribution >= 0.6 is 0 Å². The molecule has 0 aromatic heterocycles. The summed E-state index contributed by atoms with van der Waals surface area (Å²) in [5.41, 5.74) is 9.34. The molecule has 2 fully saturated rings. The third-order valence-electron chi connectivity index (χ3n) is 5.50. The number of benzene rings is 1. The highest BCUT2D eigenvalue weighted by Crippen LogP contribution is 2.34. The van der Waals surface area contributed by atoms with E-state index in [0.717, 1.165) is 42.8 Å². The van der Waals surface area contributed by atoms with Crippen LogP contribution in [0.5, 0.6) is 0 Å². The van der Waals surface area contributed by atoms with Crippen LogP contribution in [0.1, 0.15) is 17.5 Å². The monoisotopic (exact) mass is 359 g/mol. The maximum absolute atomic E-state index is 12.2. The van der Waals surface area contributed by atoms with Crippen LogP contribution in [0.25, 0.3) is 0 Å². The fourth-order valence-electron chi connectivity index (χ4n) is 4.31. The molecule has 0 saturated carbocycles. The van der Waals surface area contributed by atoms with E-state index < -0.39 is 10.0 Å². The van der Waals surface area contributed by atoms with Crippen molar-refractivity contribution in [2.45, 2.75) is 25.3 Å². The first kappa shape index (κ1) is 15.4. The lowest BCUT2D eigenvalue weighted by atomic mass is 10.1. The maximum atomic E-state index is 12.2. The standard InChI is InChI=1S/C18H21N3O3S/c22-25(23)7-1-5-20(25)17-8-13-2-3-16(9-14(13)10-17)21-18-4-6-24-12-15(18)11-19-21/h2-4,9,12,17,19H,1,5-8,10-11H2/t17-/m0/s1. The quantitative estimate of drug-likeness (QED) is 0.863. The molecule has 0 spiro atoms. The molecule has 0 bridgehead atoms. The highest BCUT2D eigenvalue weighted by Gasteiger charge is 2.37. The van der Waals surface area contributed by atoms with Crippen LogP contribution in [-0.2, 0) is 27.6 Å². The average molecular weight is 359 g/mol. The Hall–Kier alpha value is -1.83. The minimum absolute atomic E-state index is 0.0852. The molecule has 1 aliphatic carbocycles. The van der Waals surface area contributed by atoms with Crippen molar-refractivity contribution in [2.75, 3.05) is 30.5 Å². The second-order valence-electron chi connectivity index (χ2n) is 7.03. The Morgan fingerprint density at radius 1 is 1.20 bits per heavy atom. The summed E-state index contributed by atoms with van der Waals surface area (Å²) >= 11 is 0. The summed E-state index contributed by atoms with van der Waals surface area (Å²) < 4.78 is 31.5. The Bertz CT molecular complexity index is 891. The molecule has 3 aliphatic heterocycles. The van der Waals surface area contributed by atoms with Crippen molar-refractivity contribution in [3.63, 3.8) is 0 Å². The average Bonchev–Trinajstić information content (AvgIpc) is 3.29. The van der Waals surface area contributed by atoms with Gasteiger partial charge in [-0.25, -0.2) is 13.8 Å². The van der Waals surface area contributed by atoms with Gasteiger partial charge in [0.05, 0.1) is 23.4 Å². The lowest BCUT2D eigenvalue weighted by molar-refractivity contribution is 0.281. The van der Waals surface area contributed by atoms with E-state index in [-0.39, 0.29) is 6.04 Å². The number of sulfonamides is 1. The molecule has 5 rings (SSSR count). The summed E-state index contributed by atoms with van der Waals surface area (Å²) in [6.07, 6.45) is 6.29. The molecular weight excluding hydrogens is 338 g/mol. The third kappa shape index (κ3) is 2.49. The molecule has 2 saturated heterocycles. The van der Waals surface area contributed by atoms with Gasteiger partial charge in [0.2, 0.25) is 10.0 Å². The summed E-state index contributed by atoms with van der Waals surface area (Å²) in [6, 6.07) is 6.55. The van der Waals surface area contributed by atoms with Crippen molar-refractivity contribution in [1.82, 2.24) is 9.73 Å². The van der Waals surface area contributed by atoms with Gasteiger partial charge in [0.15, 0.2) is 0 Å². The number of anilines is 1. The first-order valence-electron chi connectivity index (χ1n) is 8.78. The molecule has 3 heterocycles. The second kappa shape index (κ2) is 5.59. The number of fused-ring (bicyclic) bond motifs is 2. The van der Waals surface area contributed by atoms with E-state index in [0.29, 0.717) is 18.9 Å². The Balaban J connectivity index is 1.41. The first-order chi connectivity index (χ1) is 12.1. The number of hydrogen-bond donors (Lipinski definition) is 1. The normalized spacial score (nSPS) is 27.5. The molecule has 0 radical (unpaired) electrons. The highest BCUT2D eigenvalue weighted by atomic mass is 32.2. The number of nitrogens with zero attached hydrogens (tertiary/aromatic N) is 2. The minimum Gasteiger partial charge on any atom is -0.497 e. The Morgan fingerprint density at radius 3 is 2.92 bits per heavy atom. The van der Waals surface area contributed by atoms with Crippen molar-refractivity contribution >= 4 is 15.7 Å². The topological polar surface area (TPSA) is 61.9 Å². The summed E-state index contributed by atoms with van der Waals surface area (Å²) in [5.74, 6) is 0.300. The van der Waals surface area contributed by atoms with E-state index in [4.69, 9.17) is 4.74 Å². The molecule has 1 aromatic rings. The molecule has 0 unspecified atom stereocenters. The Morgan fingerprint density at radius 2 is 2.08 bits per heavy atom. The SMILES string of the molecule is O=S1(=O)CCCN1[C@H]1Cc2ccc(N3NCC4=COCC=C43)cc2C1. The molecule has 132 valence electrons. The van der Waals surface area contributed by atoms with Crippen molar-refractivity contribution in [3.8, 4) is 0 Å². The van der Waals surface area contributed by atoms with Gasteiger partial charge in [0.1, 0.15) is 6.61 Å². The van der Waals surface area contributed by atoms with Crippen molar-refractivity contribution in [1.29, 1.82) is 0 Å². The third-order valence-corrected chi connectivity index (χ3v) is 7.50. The molecule has 25 heavy (non-hydrogen) atoms. The first-order valence-corrected chi connectivity index (χ1v) is 10.4. The molecule has 1 N–H and O–H groups in total. The van der Waals surface area contributed by atoms with Gasteiger partial charge in [-0.05, 0) is 48.6 Å². The summed E-state index contributed by atoms with van der Waals surface area (Å²) in [6.45, 7) is 2.02. The van der Waals surface area contributed by atoms with Gasteiger partial charge < -0.3 is 4.74 Å². The zero-order valence-corrected chi connectivity index (χ0v) is 14.8. The number of ether oxygens (including phenoxy) is 1. The molecule has 4 aliphatic rings. The Kier molecular flexibility index (Phi) is 3.45. The predicted molar refractivity (Wildman–Crippen MR) is 95.3 cm³/mol. The van der Waals surface area contributed by atoms with Crippen LogP contribution in [0.2, 0.25) is 0 Å². The van der Waals surface area contributed by atoms with Gasteiger partial charge in [-0.3, -0.25) is 5.01 Å². The van der Waals surface area contributed by atoms with E-state index in [1.165, 1.54) is 11.1 Å². The smallest absolute Gasteiger partial charge is 0.214 e. The molecule has 0 amide bonds. The van der Waals surface area contributed by atoms with Crippen LogP contribution in [0.4, 0.5) is 5.69 Å². The minimum atomic E-state index is -3.05. The fraction of sp³-hybridized carbons (Fsp3) is 0.444. The number of rotatable bonds is 2. The summed E-state index contributed by atoms with van der Waals surface area (Å²) in [7, 11) is -3.05. The molecular formula is C18H21N3O3S. The molecule has 1 atom stereocenters. The van der Waals surface area contributed by atoms with Crippen LogP contribution in [0.3, 0.4) is 0 Å². The van der Waals surface area contributed by atoms with Crippen LogP contribution in [0.15, 0.2) is 41.8 Å². The van der Waals surface area contributed by atoms with E-state index in [2.05, 4.69) is 34.7 Å². The number of nitrogens with one attached hydrogen (secondary N) is 1. The molecule has 1 aromatic carbocycles. The Labute approximate surface area is 147 Å². The van der Waals surface area contributed by atoms with E-state index >= 15 is 0 Å². The van der Waals surface area contributed by atoms with Crippen molar-refractivity contribution < 1.29 is 13.2 Å². The molecule has 7 heteroatoms. The van der Waals surface area contributed by atoms with Gasteiger partial charge in [-0.2, -0.15) is 4.31 Å². The zero-order chi connectivity index (χ0) is 17.0. The van der Waals surface area contributed by atoms with E-state index in [1.807, 2.05) is 6.26 Å². The van der Waals surface area contributed by atoms with E-state index in [9.17, 15) is 8.42 Å². The largest absolute Gasteiger partial charge is 0.497 e. The summed E-state index contributed by atoms with van der Waals surface area (Å²) in [5, 5.41) is 2.11. The van der Waals surface area contributed by atoms with Crippen molar-refractivity contribution in [3.05, 3.63) is 52.9 Å². The molecule has 6 nitrogen and oxygen atoms in total. The van der Waals surface area contributed by atoms with E-state index in [1.54, 1.807) is 4.31 Å². The van der Waals surface area contributed by atoms with Crippen LogP contribution < -0.4 is 10.4 Å². The number of hydrogen-bond acceptors (Lipinski definition) is 5. The predicted octanol–water partition coefficient (Wildman–Crippen LogP) is 1.31. The summed E-state index contributed by atoms with van der Waals surface area (Å²) in [4.78, 5) is 0. The van der Waals surface area contributed by atoms with Gasteiger partial charge in [0.25, 0.3) is 0 Å². The number of hydrazine groups is 1. The van der Waals surface area contributed by atoms with Gasteiger partial charge >= 0.3 is 0 Å². The lowest BCUT2D eigenvalue weighted by Gasteiger charge is -2.22. The van der Waals surface area contributed by atoms with Crippen LogP contribution in [-0.4, -0.2) is 44.2 Å². The highest BCUT2D eigenvalue weighted by molar-refractivity contribution is 7.89. The van der Waals surface area contributed by atoms with Crippen LogP contribution in [0, 0.1) is 0 Å². The van der Waals surface area contributed by atoms with Gasteiger partial charge in [-0.15, -0.1) is 0 Å². The lowest BCUT2D eigenvalue weighted by Crippen LogP contribution is -2.37. The maximum Gasteiger partial charge on any atom is 0.214 e. The zero-order valence-electron chi connectivity index (χ0n) is 13.9. The van der Waals surface area contributed by atoms with Gasteiger partial charge in [0, 0.05) is 24.7 Å². The van der Waals surface area contributed by atoms with Crippen molar-refractivity contribution in [2.24, 2.45) is 0 Å². The van der Waals surface area contributed by atoms with Gasteiger partial charge in [-0.1, -0.05) is 6.07 Å². The second-order valence-corrected chi connectivity index (χ2v) is 9.07. The fourth-order valence-corrected chi connectivity index (χ4v) is 6.05.